The van der Waals surface area contributed by atoms with Gasteiger partial charge in [0.25, 0.3) is 0 Å². The Bertz CT molecular complexity index is 1060. The number of piperidine rings is 1. The van der Waals surface area contributed by atoms with Crippen LogP contribution in [-0.4, -0.2) is 39.6 Å². The van der Waals surface area contributed by atoms with Gasteiger partial charge in [-0.15, -0.1) is 0 Å². The van der Waals surface area contributed by atoms with Gasteiger partial charge in [-0.2, -0.15) is 0 Å². The molecule has 32 heavy (non-hydrogen) atoms. The van der Waals surface area contributed by atoms with Gasteiger partial charge in [-0.1, -0.05) is 18.2 Å². The number of hydrazine groups is 1. The Morgan fingerprint density at radius 2 is 2.00 bits per heavy atom. The number of nitrogens with zero attached hydrogens (tertiary/aromatic N) is 4. The van der Waals surface area contributed by atoms with E-state index in [0.717, 1.165) is 42.2 Å². The SMILES string of the molecule is CCN1C=C(c2ccnc(Nc3ccc(C4CCCNC4)cc3)n2)C(c2cccnc2)N1. The van der Waals surface area contributed by atoms with Crippen LogP contribution in [0.1, 0.15) is 48.5 Å². The Hall–Kier alpha value is -3.29. The van der Waals surface area contributed by atoms with Crippen LogP contribution < -0.4 is 16.1 Å². The summed E-state index contributed by atoms with van der Waals surface area (Å²) in [5.41, 5.74) is 9.01. The van der Waals surface area contributed by atoms with Gasteiger partial charge in [-0.05, 0) is 67.6 Å². The molecule has 4 heterocycles. The quantitative estimate of drug-likeness (QED) is 0.549. The average Bonchev–Trinajstić information content (AvgIpc) is 3.31. The molecule has 0 radical (unpaired) electrons. The highest BCUT2D eigenvalue weighted by Crippen LogP contribution is 2.34. The van der Waals surface area contributed by atoms with E-state index in [4.69, 9.17) is 4.98 Å². The average molecular weight is 428 g/mol. The summed E-state index contributed by atoms with van der Waals surface area (Å²) in [6.07, 6.45) is 10.1. The van der Waals surface area contributed by atoms with E-state index >= 15 is 0 Å². The third kappa shape index (κ3) is 4.49. The minimum absolute atomic E-state index is 0.00906. The summed E-state index contributed by atoms with van der Waals surface area (Å²) in [5, 5.41) is 8.94. The largest absolute Gasteiger partial charge is 0.324 e. The number of rotatable bonds is 6. The van der Waals surface area contributed by atoms with Gasteiger partial charge in [0.2, 0.25) is 5.95 Å². The maximum absolute atomic E-state index is 4.82. The molecule has 2 unspecified atom stereocenters. The molecule has 0 amide bonds. The normalized spacial score (nSPS) is 20.8. The van der Waals surface area contributed by atoms with E-state index in [2.05, 4.69) is 74.5 Å². The summed E-state index contributed by atoms with van der Waals surface area (Å²) >= 11 is 0. The molecule has 2 atom stereocenters. The molecule has 0 bridgehead atoms. The zero-order valence-electron chi connectivity index (χ0n) is 18.3. The maximum Gasteiger partial charge on any atom is 0.227 e. The van der Waals surface area contributed by atoms with Crippen molar-refractivity contribution in [3.05, 3.63) is 84.1 Å². The molecule has 0 spiro atoms. The van der Waals surface area contributed by atoms with Crippen LogP contribution in [0.2, 0.25) is 0 Å². The van der Waals surface area contributed by atoms with Crippen molar-refractivity contribution in [2.24, 2.45) is 0 Å². The van der Waals surface area contributed by atoms with Crippen molar-refractivity contribution in [1.29, 1.82) is 0 Å². The summed E-state index contributed by atoms with van der Waals surface area (Å²) < 4.78 is 0. The van der Waals surface area contributed by atoms with Gasteiger partial charge >= 0.3 is 0 Å². The summed E-state index contributed by atoms with van der Waals surface area (Å²) in [4.78, 5) is 13.6. The molecule has 164 valence electrons. The summed E-state index contributed by atoms with van der Waals surface area (Å²) in [6, 6.07) is 14.7. The topological polar surface area (TPSA) is 78.0 Å². The molecule has 2 aliphatic rings. The Morgan fingerprint density at radius 3 is 2.75 bits per heavy atom. The second kappa shape index (κ2) is 9.46. The Balaban J connectivity index is 1.35. The zero-order valence-corrected chi connectivity index (χ0v) is 18.3. The third-order valence-electron chi connectivity index (χ3n) is 6.15. The first-order valence-corrected chi connectivity index (χ1v) is 11.4. The Morgan fingerprint density at radius 1 is 1.09 bits per heavy atom. The van der Waals surface area contributed by atoms with Gasteiger partial charge in [0.1, 0.15) is 0 Å². The van der Waals surface area contributed by atoms with E-state index in [1.165, 1.54) is 18.4 Å². The van der Waals surface area contributed by atoms with E-state index in [1.807, 2.05) is 24.5 Å². The number of hydrogen-bond donors (Lipinski definition) is 3. The minimum atomic E-state index is 0.00906. The lowest BCUT2D eigenvalue weighted by Crippen LogP contribution is -2.31. The molecule has 1 aromatic carbocycles. The van der Waals surface area contributed by atoms with Crippen molar-refractivity contribution < 1.29 is 0 Å². The Labute approximate surface area is 189 Å². The highest BCUT2D eigenvalue weighted by molar-refractivity contribution is 5.71. The lowest BCUT2D eigenvalue weighted by atomic mass is 9.92. The highest BCUT2D eigenvalue weighted by Gasteiger charge is 2.27. The molecule has 1 saturated heterocycles. The van der Waals surface area contributed by atoms with Crippen molar-refractivity contribution >= 4 is 17.2 Å². The summed E-state index contributed by atoms with van der Waals surface area (Å²) in [5.74, 6) is 1.19. The fourth-order valence-electron chi connectivity index (χ4n) is 4.40. The van der Waals surface area contributed by atoms with Gasteiger partial charge in [-0.3, -0.25) is 4.98 Å². The number of hydrogen-bond acceptors (Lipinski definition) is 7. The molecule has 0 saturated carbocycles. The Kier molecular flexibility index (Phi) is 6.09. The van der Waals surface area contributed by atoms with Crippen molar-refractivity contribution in [3.63, 3.8) is 0 Å². The van der Waals surface area contributed by atoms with Crippen LogP contribution in [-0.2, 0) is 0 Å². The van der Waals surface area contributed by atoms with Gasteiger partial charge in [0, 0.05) is 49.1 Å². The fourth-order valence-corrected chi connectivity index (χ4v) is 4.40. The van der Waals surface area contributed by atoms with E-state index in [-0.39, 0.29) is 6.04 Å². The van der Waals surface area contributed by atoms with E-state index in [1.54, 1.807) is 6.20 Å². The van der Waals surface area contributed by atoms with Crippen molar-refractivity contribution in [1.82, 2.24) is 30.7 Å². The van der Waals surface area contributed by atoms with E-state index < -0.39 is 0 Å². The number of nitrogens with one attached hydrogen (secondary N) is 3. The van der Waals surface area contributed by atoms with Gasteiger partial charge in [0.15, 0.2) is 0 Å². The first-order chi connectivity index (χ1) is 15.8. The molecule has 1 fully saturated rings. The van der Waals surface area contributed by atoms with Crippen molar-refractivity contribution in [3.8, 4) is 0 Å². The van der Waals surface area contributed by atoms with Crippen LogP contribution in [0.25, 0.3) is 5.57 Å². The summed E-state index contributed by atoms with van der Waals surface area (Å²) in [6.45, 7) is 5.17. The lowest BCUT2D eigenvalue weighted by Gasteiger charge is -2.23. The minimum Gasteiger partial charge on any atom is -0.324 e. The number of anilines is 2. The molecular weight excluding hydrogens is 398 g/mol. The zero-order chi connectivity index (χ0) is 21.8. The molecule has 0 aliphatic carbocycles. The molecule has 2 aliphatic heterocycles. The number of benzene rings is 1. The standard InChI is InChI=1S/C25H29N7/c1-2-32-17-22(24(31-32)20-6-4-13-27-16-20)23-11-14-28-25(30-23)29-21-9-7-18(8-10-21)19-5-3-12-26-15-19/h4,6-11,13-14,16-17,19,24,26,31H,2-3,5,12,15H2,1H3,(H,28,29,30). The lowest BCUT2D eigenvalue weighted by molar-refractivity contribution is 0.290. The second-order valence-electron chi connectivity index (χ2n) is 8.27. The number of aromatic nitrogens is 3. The highest BCUT2D eigenvalue weighted by atomic mass is 15.5. The van der Waals surface area contributed by atoms with Crippen LogP contribution in [0.15, 0.2) is 67.3 Å². The molecule has 5 rings (SSSR count). The first-order valence-electron chi connectivity index (χ1n) is 11.4. The van der Waals surface area contributed by atoms with Gasteiger partial charge in [0.05, 0.1) is 11.7 Å². The van der Waals surface area contributed by atoms with Crippen LogP contribution in [0.5, 0.6) is 0 Å². The van der Waals surface area contributed by atoms with E-state index in [9.17, 15) is 0 Å². The molecule has 7 heteroatoms. The van der Waals surface area contributed by atoms with Crippen molar-refractivity contribution in [2.75, 3.05) is 25.0 Å². The third-order valence-corrected chi connectivity index (χ3v) is 6.15. The monoisotopic (exact) mass is 427 g/mol. The summed E-state index contributed by atoms with van der Waals surface area (Å²) in [7, 11) is 0. The fraction of sp³-hybridized carbons (Fsp3) is 0.320. The van der Waals surface area contributed by atoms with Crippen LogP contribution in [0, 0.1) is 0 Å². The van der Waals surface area contributed by atoms with Gasteiger partial charge in [-0.25, -0.2) is 15.4 Å². The van der Waals surface area contributed by atoms with Crippen LogP contribution >= 0.6 is 0 Å². The van der Waals surface area contributed by atoms with Crippen LogP contribution in [0.4, 0.5) is 11.6 Å². The molecule has 3 N–H and O–H groups in total. The number of pyridine rings is 1. The van der Waals surface area contributed by atoms with Gasteiger partial charge < -0.3 is 15.6 Å². The smallest absolute Gasteiger partial charge is 0.227 e. The molecule has 2 aromatic heterocycles. The molecule has 7 nitrogen and oxygen atoms in total. The van der Waals surface area contributed by atoms with Crippen LogP contribution in [0.3, 0.4) is 0 Å². The predicted molar refractivity (Wildman–Crippen MR) is 127 cm³/mol. The molecule has 3 aromatic rings. The first kappa shape index (κ1) is 20.6. The maximum atomic E-state index is 4.82. The van der Waals surface area contributed by atoms with Crippen molar-refractivity contribution in [2.45, 2.75) is 31.7 Å². The predicted octanol–water partition coefficient (Wildman–Crippen LogP) is 4.00. The second-order valence-corrected chi connectivity index (χ2v) is 8.27. The van der Waals surface area contributed by atoms with E-state index in [0.29, 0.717) is 11.9 Å². The molecular formula is C25H29N7.